The van der Waals surface area contributed by atoms with Gasteiger partial charge in [-0.15, -0.1) is 0 Å². The Morgan fingerprint density at radius 1 is 1.43 bits per heavy atom. The van der Waals surface area contributed by atoms with Gasteiger partial charge in [0.2, 0.25) is 5.91 Å². The second-order valence-electron chi connectivity index (χ2n) is 4.08. The van der Waals surface area contributed by atoms with Crippen molar-refractivity contribution < 1.29 is 4.79 Å². The number of nitrogens with one attached hydrogen (secondary N) is 1. The summed E-state index contributed by atoms with van der Waals surface area (Å²) >= 11 is 0. The third-order valence-corrected chi connectivity index (χ3v) is 3.24. The standard InChI is InChI=1S/C11H22N2O/c1-5-8(4)10-11(14)13(7-3)9(6-2)12-10/h8-10,12H,5-7H2,1-4H3. The zero-order valence-electron chi connectivity index (χ0n) is 9.71. The fraction of sp³-hybridized carbons (Fsp3) is 0.909. The topological polar surface area (TPSA) is 32.3 Å². The van der Waals surface area contributed by atoms with E-state index in [1.807, 2.05) is 11.8 Å². The first-order chi connectivity index (χ1) is 6.65. The average Bonchev–Trinajstić information content (AvgIpc) is 2.53. The van der Waals surface area contributed by atoms with Crippen molar-refractivity contribution in [1.82, 2.24) is 10.2 Å². The summed E-state index contributed by atoms with van der Waals surface area (Å²) in [5.41, 5.74) is 0. The van der Waals surface area contributed by atoms with E-state index in [1.165, 1.54) is 0 Å². The lowest BCUT2D eigenvalue weighted by atomic mass is 9.99. The van der Waals surface area contributed by atoms with Crippen LogP contribution in [0.1, 0.15) is 40.5 Å². The van der Waals surface area contributed by atoms with Crippen molar-refractivity contribution in [3.63, 3.8) is 0 Å². The van der Waals surface area contributed by atoms with E-state index in [9.17, 15) is 4.79 Å². The van der Waals surface area contributed by atoms with Gasteiger partial charge in [-0.25, -0.2) is 0 Å². The molecule has 1 amide bonds. The quantitative estimate of drug-likeness (QED) is 0.744. The molecule has 3 unspecified atom stereocenters. The minimum atomic E-state index is 0.0462. The van der Waals surface area contributed by atoms with Gasteiger partial charge in [0.15, 0.2) is 0 Å². The number of rotatable bonds is 4. The van der Waals surface area contributed by atoms with Crippen LogP contribution in [0.5, 0.6) is 0 Å². The van der Waals surface area contributed by atoms with Gasteiger partial charge < -0.3 is 4.90 Å². The zero-order valence-corrected chi connectivity index (χ0v) is 9.71. The fourth-order valence-electron chi connectivity index (χ4n) is 2.06. The number of hydrogen-bond acceptors (Lipinski definition) is 2. The number of carbonyl (C=O) groups excluding carboxylic acids is 1. The van der Waals surface area contributed by atoms with E-state index >= 15 is 0 Å². The first-order valence-electron chi connectivity index (χ1n) is 5.72. The molecule has 3 heteroatoms. The highest BCUT2D eigenvalue weighted by Gasteiger charge is 2.38. The molecule has 0 aromatic carbocycles. The van der Waals surface area contributed by atoms with E-state index < -0.39 is 0 Å². The van der Waals surface area contributed by atoms with Crippen LogP contribution < -0.4 is 5.32 Å². The molecule has 0 aromatic heterocycles. The highest BCUT2D eigenvalue weighted by molar-refractivity contribution is 5.84. The third kappa shape index (κ3) is 1.92. The SMILES string of the molecule is CCC(C)C1NC(CC)N(CC)C1=O. The molecule has 0 radical (unpaired) electrons. The van der Waals surface area contributed by atoms with Crippen molar-refractivity contribution in [2.24, 2.45) is 5.92 Å². The van der Waals surface area contributed by atoms with Gasteiger partial charge in [0.25, 0.3) is 0 Å². The van der Waals surface area contributed by atoms with Crippen molar-refractivity contribution in [2.45, 2.75) is 52.7 Å². The molecule has 1 fully saturated rings. The van der Waals surface area contributed by atoms with E-state index in [4.69, 9.17) is 0 Å². The molecule has 1 saturated heterocycles. The predicted molar refractivity (Wildman–Crippen MR) is 57.8 cm³/mol. The van der Waals surface area contributed by atoms with Crippen molar-refractivity contribution in [1.29, 1.82) is 0 Å². The van der Waals surface area contributed by atoms with Crippen molar-refractivity contribution in [3.8, 4) is 0 Å². The van der Waals surface area contributed by atoms with Crippen LogP contribution in [0.2, 0.25) is 0 Å². The Kier molecular flexibility index (Phi) is 3.93. The first-order valence-corrected chi connectivity index (χ1v) is 5.72. The summed E-state index contributed by atoms with van der Waals surface area (Å²) in [5.74, 6) is 0.724. The molecule has 1 aliphatic heterocycles. The fourth-order valence-corrected chi connectivity index (χ4v) is 2.06. The predicted octanol–water partition coefficient (Wildman–Crippen LogP) is 1.59. The van der Waals surface area contributed by atoms with Crippen LogP contribution in [-0.4, -0.2) is 29.6 Å². The Hall–Kier alpha value is -0.570. The molecule has 0 spiro atoms. The molecular weight excluding hydrogens is 176 g/mol. The lowest BCUT2D eigenvalue weighted by molar-refractivity contribution is -0.130. The van der Waals surface area contributed by atoms with Crippen LogP contribution in [0.3, 0.4) is 0 Å². The van der Waals surface area contributed by atoms with Crippen LogP contribution in [0.25, 0.3) is 0 Å². The minimum Gasteiger partial charge on any atom is -0.326 e. The maximum atomic E-state index is 12.0. The van der Waals surface area contributed by atoms with Crippen molar-refractivity contribution >= 4 is 5.91 Å². The number of amides is 1. The molecule has 3 atom stereocenters. The van der Waals surface area contributed by atoms with Crippen LogP contribution >= 0.6 is 0 Å². The zero-order chi connectivity index (χ0) is 10.7. The Morgan fingerprint density at radius 3 is 2.43 bits per heavy atom. The lowest BCUT2D eigenvalue weighted by Gasteiger charge is -2.20. The molecule has 0 saturated carbocycles. The summed E-state index contributed by atoms with van der Waals surface area (Å²) in [6.45, 7) is 9.25. The van der Waals surface area contributed by atoms with Gasteiger partial charge in [-0.05, 0) is 19.3 Å². The van der Waals surface area contributed by atoms with Gasteiger partial charge in [-0.2, -0.15) is 0 Å². The lowest BCUT2D eigenvalue weighted by Crippen LogP contribution is -2.37. The van der Waals surface area contributed by atoms with Gasteiger partial charge >= 0.3 is 0 Å². The second-order valence-corrected chi connectivity index (χ2v) is 4.08. The molecule has 3 nitrogen and oxygen atoms in total. The maximum Gasteiger partial charge on any atom is 0.241 e. The van der Waals surface area contributed by atoms with Gasteiger partial charge in [-0.1, -0.05) is 27.2 Å². The van der Waals surface area contributed by atoms with Crippen molar-refractivity contribution in [2.75, 3.05) is 6.54 Å². The molecule has 1 N–H and O–H groups in total. The molecule has 1 heterocycles. The Bertz CT molecular complexity index is 205. The largest absolute Gasteiger partial charge is 0.326 e. The number of nitrogens with zero attached hydrogens (tertiary/aromatic N) is 1. The van der Waals surface area contributed by atoms with E-state index in [0.29, 0.717) is 5.92 Å². The molecule has 0 aliphatic carbocycles. The monoisotopic (exact) mass is 198 g/mol. The average molecular weight is 198 g/mol. The van der Waals surface area contributed by atoms with E-state index in [0.717, 1.165) is 19.4 Å². The summed E-state index contributed by atoms with van der Waals surface area (Å²) in [7, 11) is 0. The Morgan fingerprint density at radius 2 is 2.07 bits per heavy atom. The normalized spacial score (nSPS) is 29.7. The Labute approximate surface area is 86.9 Å². The van der Waals surface area contributed by atoms with Crippen LogP contribution in [0.15, 0.2) is 0 Å². The minimum absolute atomic E-state index is 0.0462. The van der Waals surface area contributed by atoms with E-state index in [2.05, 4.69) is 26.1 Å². The Balaban J connectivity index is 2.70. The molecule has 0 aromatic rings. The van der Waals surface area contributed by atoms with Gasteiger partial charge in [0.1, 0.15) is 0 Å². The van der Waals surface area contributed by atoms with Gasteiger partial charge in [0.05, 0.1) is 12.2 Å². The molecular formula is C11H22N2O. The van der Waals surface area contributed by atoms with Crippen LogP contribution in [0, 0.1) is 5.92 Å². The van der Waals surface area contributed by atoms with Crippen molar-refractivity contribution in [3.05, 3.63) is 0 Å². The molecule has 1 aliphatic rings. The number of carbonyl (C=O) groups is 1. The summed E-state index contributed by atoms with van der Waals surface area (Å²) in [5, 5.41) is 3.42. The van der Waals surface area contributed by atoms with E-state index in [1.54, 1.807) is 0 Å². The molecule has 0 bridgehead atoms. The number of hydrogen-bond donors (Lipinski definition) is 1. The highest BCUT2D eigenvalue weighted by atomic mass is 16.2. The van der Waals surface area contributed by atoms with Crippen LogP contribution in [-0.2, 0) is 4.79 Å². The summed E-state index contributed by atoms with van der Waals surface area (Å²) in [4.78, 5) is 13.9. The molecule has 82 valence electrons. The summed E-state index contributed by atoms with van der Waals surface area (Å²) in [6.07, 6.45) is 2.30. The highest BCUT2D eigenvalue weighted by Crippen LogP contribution is 2.20. The third-order valence-electron chi connectivity index (χ3n) is 3.24. The summed E-state index contributed by atoms with van der Waals surface area (Å²) < 4.78 is 0. The number of likely N-dealkylation sites (N-methyl/N-ethyl adjacent to an activating group) is 1. The molecule has 1 rings (SSSR count). The first kappa shape index (κ1) is 11.5. The maximum absolute atomic E-state index is 12.0. The second kappa shape index (κ2) is 4.78. The summed E-state index contributed by atoms with van der Waals surface area (Å²) in [6, 6.07) is 0.0462. The van der Waals surface area contributed by atoms with Gasteiger partial charge in [-0.3, -0.25) is 10.1 Å². The van der Waals surface area contributed by atoms with E-state index in [-0.39, 0.29) is 18.1 Å². The van der Waals surface area contributed by atoms with Gasteiger partial charge in [0, 0.05) is 6.54 Å². The van der Waals surface area contributed by atoms with Crippen LogP contribution in [0.4, 0.5) is 0 Å². The smallest absolute Gasteiger partial charge is 0.241 e. The molecule has 14 heavy (non-hydrogen) atoms.